The maximum atomic E-state index is 12.1. The zero-order valence-corrected chi connectivity index (χ0v) is 14.6. The first-order valence-electron chi connectivity index (χ1n) is 8.21. The molecule has 0 atom stereocenters. The number of fused-ring (bicyclic) bond motifs is 1. The van der Waals surface area contributed by atoms with Crippen LogP contribution in [0, 0.1) is 0 Å². The first-order valence-corrected chi connectivity index (χ1v) is 9.19. The van der Waals surface area contributed by atoms with Crippen molar-refractivity contribution in [2.45, 2.75) is 11.3 Å². The van der Waals surface area contributed by atoms with Crippen molar-refractivity contribution in [1.29, 1.82) is 0 Å². The molecule has 25 heavy (non-hydrogen) atoms. The number of benzene rings is 2. The number of hydrogen-bond donors (Lipinski definition) is 1. The number of thioether (sulfide) groups is 1. The minimum Gasteiger partial charge on any atom is -0.482 e. The summed E-state index contributed by atoms with van der Waals surface area (Å²) in [5, 5.41) is 2.90. The summed E-state index contributed by atoms with van der Waals surface area (Å²) in [6, 6.07) is 17.5. The van der Waals surface area contributed by atoms with Crippen LogP contribution in [0.5, 0.6) is 5.75 Å². The average molecular weight is 356 g/mol. The Morgan fingerprint density at radius 1 is 1.12 bits per heavy atom. The van der Waals surface area contributed by atoms with Crippen LogP contribution in [0.25, 0.3) is 0 Å². The van der Waals surface area contributed by atoms with Crippen molar-refractivity contribution in [3.8, 4) is 5.75 Å². The number of nitrogens with one attached hydrogen (secondary N) is 1. The Labute approximate surface area is 151 Å². The molecule has 0 fully saturated rings. The minimum absolute atomic E-state index is 0.0202. The third kappa shape index (κ3) is 4.76. The van der Waals surface area contributed by atoms with Crippen LogP contribution < -0.4 is 15.0 Å². The first kappa shape index (κ1) is 17.4. The van der Waals surface area contributed by atoms with E-state index in [0.717, 1.165) is 11.4 Å². The maximum absolute atomic E-state index is 12.1. The molecular weight excluding hydrogens is 336 g/mol. The topological polar surface area (TPSA) is 58.6 Å². The summed E-state index contributed by atoms with van der Waals surface area (Å²) >= 11 is 1.70. The molecular formula is C19H20N2O3S. The van der Waals surface area contributed by atoms with Crippen molar-refractivity contribution in [2.75, 3.05) is 30.3 Å². The van der Waals surface area contributed by atoms with Gasteiger partial charge < -0.3 is 15.0 Å². The predicted octanol–water partition coefficient (Wildman–Crippen LogP) is 2.71. The van der Waals surface area contributed by atoms with Gasteiger partial charge in [0.05, 0.1) is 5.69 Å². The lowest BCUT2D eigenvalue weighted by molar-refractivity contribution is -0.122. The number of ether oxygens (including phenoxy) is 1. The molecule has 2 aromatic rings. The van der Waals surface area contributed by atoms with E-state index < -0.39 is 0 Å². The lowest BCUT2D eigenvalue weighted by Crippen LogP contribution is -2.41. The summed E-state index contributed by atoms with van der Waals surface area (Å²) in [7, 11) is 0. The SMILES string of the molecule is O=C(CCN1C(=O)COc2ccccc21)NCCSc1ccccc1. The van der Waals surface area contributed by atoms with Crippen molar-refractivity contribution >= 4 is 29.3 Å². The standard InChI is InChI=1S/C19H20N2O3S/c22-18(20-11-13-25-15-6-2-1-3-7-15)10-12-21-16-8-4-5-9-17(16)24-14-19(21)23/h1-9H,10-14H2,(H,20,22). The van der Waals surface area contributed by atoms with Crippen LogP contribution in [0.15, 0.2) is 59.5 Å². The number of carbonyl (C=O) groups is 2. The van der Waals surface area contributed by atoms with Gasteiger partial charge in [-0.15, -0.1) is 11.8 Å². The highest BCUT2D eigenvalue weighted by Gasteiger charge is 2.25. The number of nitrogens with zero attached hydrogens (tertiary/aromatic N) is 1. The molecule has 0 bridgehead atoms. The summed E-state index contributed by atoms with van der Waals surface area (Å²) in [5.41, 5.74) is 0.728. The second-order valence-corrected chi connectivity index (χ2v) is 6.73. The first-order chi connectivity index (χ1) is 12.2. The van der Waals surface area contributed by atoms with Gasteiger partial charge in [0.1, 0.15) is 5.75 Å². The van der Waals surface area contributed by atoms with Gasteiger partial charge >= 0.3 is 0 Å². The van der Waals surface area contributed by atoms with Gasteiger partial charge in [0.25, 0.3) is 5.91 Å². The van der Waals surface area contributed by atoms with Crippen molar-refractivity contribution in [1.82, 2.24) is 5.32 Å². The van der Waals surface area contributed by atoms with E-state index in [1.807, 2.05) is 54.6 Å². The van der Waals surface area contributed by atoms with E-state index in [4.69, 9.17) is 4.74 Å². The molecule has 2 aromatic carbocycles. The van der Waals surface area contributed by atoms with E-state index in [-0.39, 0.29) is 24.8 Å². The van der Waals surface area contributed by atoms with Crippen LogP contribution in [0.3, 0.4) is 0 Å². The van der Waals surface area contributed by atoms with Gasteiger partial charge in [0.2, 0.25) is 5.91 Å². The zero-order chi connectivity index (χ0) is 17.5. The lowest BCUT2D eigenvalue weighted by Gasteiger charge is -2.29. The second kappa shape index (κ2) is 8.58. The van der Waals surface area contributed by atoms with Crippen LogP contribution in [0.2, 0.25) is 0 Å². The van der Waals surface area contributed by atoms with Crippen molar-refractivity contribution in [3.05, 3.63) is 54.6 Å². The molecule has 5 nitrogen and oxygen atoms in total. The fourth-order valence-corrected chi connectivity index (χ4v) is 3.37. The number of hydrogen-bond acceptors (Lipinski definition) is 4. The van der Waals surface area contributed by atoms with Gasteiger partial charge in [0.15, 0.2) is 6.61 Å². The molecule has 2 amide bonds. The van der Waals surface area contributed by atoms with Crippen LogP contribution in [-0.4, -0.2) is 37.3 Å². The Bertz CT molecular complexity index is 736. The molecule has 0 aliphatic carbocycles. The molecule has 3 rings (SSSR count). The van der Waals surface area contributed by atoms with E-state index in [2.05, 4.69) is 5.32 Å². The Morgan fingerprint density at radius 3 is 2.72 bits per heavy atom. The predicted molar refractivity (Wildman–Crippen MR) is 99.1 cm³/mol. The van der Waals surface area contributed by atoms with Gasteiger partial charge in [-0.05, 0) is 24.3 Å². The van der Waals surface area contributed by atoms with Gasteiger partial charge in [0, 0.05) is 30.2 Å². The van der Waals surface area contributed by atoms with Crippen LogP contribution in [-0.2, 0) is 9.59 Å². The van der Waals surface area contributed by atoms with E-state index in [1.165, 1.54) is 4.90 Å². The molecule has 0 radical (unpaired) electrons. The van der Waals surface area contributed by atoms with E-state index >= 15 is 0 Å². The normalized spacial score (nSPS) is 13.1. The van der Waals surface area contributed by atoms with Gasteiger partial charge in [-0.1, -0.05) is 30.3 Å². The number of carbonyl (C=O) groups excluding carboxylic acids is 2. The highest BCUT2D eigenvalue weighted by Crippen LogP contribution is 2.31. The fourth-order valence-electron chi connectivity index (χ4n) is 2.58. The molecule has 0 saturated carbocycles. The lowest BCUT2D eigenvalue weighted by atomic mass is 10.2. The Morgan fingerprint density at radius 2 is 1.88 bits per heavy atom. The zero-order valence-electron chi connectivity index (χ0n) is 13.8. The van der Waals surface area contributed by atoms with E-state index in [1.54, 1.807) is 16.7 Å². The van der Waals surface area contributed by atoms with Crippen LogP contribution in [0.1, 0.15) is 6.42 Å². The molecule has 0 saturated heterocycles. The third-order valence-corrected chi connectivity index (χ3v) is 4.82. The summed E-state index contributed by atoms with van der Waals surface area (Å²) < 4.78 is 5.40. The quantitative estimate of drug-likeness (QED) is 0.612. The highest BCUT2D eigenvalue weighted by molar-refractivity contribution is 7.99. The number of para-hydroxylation sites is 2. The summed E-state index contributed by atoms with van der Waals surface area (Å²) in [6.45, 7) is 0.981. The Balaban J connectivity index is 1.42. The molecule has 1 aliphatic heterocycles. The van der Waals surface area contributed by atoms with E-state index in [9.17, 15) is 9.59 Å². The average Bonchev–Trinajstić information content (AvgIpc) is 2.65. The van der Waals surface area contributed by atoms with Gasteiger partial charge in [-0.3, -0.25) is 9.59 Å². The monoisotopic (exact) mass is 356 g/mol. The van der Waals surface area contributed by atoms with Crippen LogP contribution >= 0.6 is 11.8 Å². The maximum Gasteiger partial charge on any atom is 0.265 e. The molecule has 0 unspecified atom stereocenters. The molecule has 1 heterocycles. The minimum atomic E-state index is -0.119. The molecule has 6 heteroatoms. The van der Waals surface area contributed by atoms with E-state index in [0.29, 0.717) is 18.8 Å². The molecule has 130 valence electrons. The number of rotatable bonds is 7. The van der Waals surface area contributed by atoms with Gasteiger partial charge in [-0.2, -0.15) is 0 Å². The van der Waals surface area contributed by atoms with Crippen molar-refractivity contribution in [3.63, 3.8) is 0 Å². The molecule has 0 aromatic heterocycles. The smallest absolute Gasteiger partial charge is 0.265 e. The largest absolute Gasteiger partial charge is 0.482 e. The summed E-state index contributed by atoms with van der Waals surface area (Å²) in [5.74, 6) is 1.33. The molecule has 1 N–H and O–H groups in total. The van der Waals surface area contributed by atoms with Crippen molar-refractivity contribution in [2.24, 2.45) is 0 Å². The fraction of sp³-hybridized carbons (Fsp3) is 0.263. The summed E-state index contributed by atoms with van der Waals surface area (Å²) in [6.07, 6.45) is 0.274. The third-order valence-electron chi connectivity index (χ3n) is 3.81. The molecule has 0 spiro atoms. The Kier molecular flexibility index (Phi) is 5.95. The molecule has 1 aliphatic rings. The Hall–Kier alpha value is -2.47. The highest BCUT2D eigenvalue weighted by atomic mass is 32.2. The van der Waals surface area contributed by atoms with Gasteiger partial charge in [-0.25, -0.2) is 0 Å². The van der Waals surface area contributed by atoms with Crippen LogP contribution in [0.4, 0.5) is 5.69 Å². The number of anilines is 1. The summed E-state index contributed by atoms with van der Waals surface area (Å²) in [4.78, 5) is 26.9. The second-order valence-electron chi connectivity index (χ2n) is 5.56. The number of amides is 2. The van der Waals surface area contributed by atoms with Crippen molar-refractivity contribution < 1.29 is 14.3 Å².